The van der Waals surface area contributed by atoms with Gasteiger partial charge in [-0.1, -0.05) is 0 Å². The number of aromatic amines is 2. The third-order valence-corrected chi connectivity index (χ3v) is 9.11. The summed E-state index contributed by atoms with van der Waals surface area (Å²) in [4.78, 5) is 35.0. The standard InChI is InChI=1S/C9H13N2O13P3S/c12-5-4(2-20-27(19)23-25(15,16)22-26(17,18)24-27)21-7(6(5)13)3-1-10-9(28)11-8(3)14/h1,4-7,12-13H,2H2,(H,15,16)(H,17,18)(H2,10,11,14,28)/t4-,5+,6?,7+/m1/s1. The zero-order valence-electron chi connectivity index (χ0n) is 13.3. The lowest BCUT2D eigenvalue weighted by molar-refractivity contribution is -0.0235. The third kappa shape index (κ3) is 4.77. The van der Waals surface area contributed by atoms with Crippen LogP contribution in [0.5, 0.6) is 0 Å². The molecule has 0 radical (unpaired) electrons. The van der Waals surface area contributed by atoms with E-state index in [1.165, 1.54) is 0 Å². The average Bonchev–Trinajstić information content (AvgIpc) is 2.78. The number of hydrogen-bond donors (Lipinski definition) is 6. The highest BCUT2D eigenvalue weighted by atomic mass is 32.1. The van der Waals surface area contributed by atoms with Crippen molar-refractivity contribution in [1.82, 2.24) is 9.97 Å². The van der Waals surface area contributed by atoms with Gasteiger partial charge in [0.2, 0.25) is 0 Å². The van der Waals surface area contributed by atoms with E-state index in [9.17, 15) is 28.7 Å². The second-order valence-electron chi connectivity index (χ2n) is 5.53. The van der Waals surface area contributed by atoms with Gasteiger partial charge in [0, 0.05) is 6.20 Å². The number of aliphatic hydroxyl groups is 2. The number of phosphoric acid groups is 3. The van der Waals surface area contributed by atoms with Crippen LogP contribution in [0.1, 0.15) is 11.7 Å². The van der Waals surface area contributed by atoms with Crippen LogP contribution in [0.4, 0.5) is 0 Å². The molecule has 2 aliphatic rings. The molecule has 158 valence electrons. The van der Waals surface area contributed by atoms with Gasteiger partial charge < -0.3 is 29.7 Å². The maximum absolute atomic E-state index is 12.2. The largest absolute Gasteiger partial charge is 0.492 e. The molecule has 15 nitrogen and oxygen atoms in total. The van der Waals surface area contributed by atoms with Crippen LogP contribution in [0, 0.1) is 4.77 Å². The van der Waals surface area contributed by atoms with Gasteiger partial charge in [-0.3, -0.25) is 14.3 Å². The van der Waals surface area contributed by atoms with Gasteiger partial charge in [-0.25, -0.2) is 13.7 Å². The SMILES string of the molecule is O=c1[nH]c(=S)[nH]cc1[C@@H]1O[C@H](COP2(=O)OP(=O)(O)OP(=O)(O)O2)[C@H](O)C1O. The summed E-state index contributed by atoms with van der Waals surface area (Å²) in [6.45, 7) is -0.882. The van der Waals surface area contributed by atoms with Crippen LogP contribution in [-0.2, 0) is 35.9 Å². The first-order chi connectivity index (χ1) is 12.8. The van der Waals surface area contributed by atoms with Gasteiger partial charge in [0.25, 0.3) is 5.56 Å². The zero-order valence-corrected chi connectivity index (χ0v) is 16.8. The Morgan fingerprint density at radius 3 is 2.29 bits per heavy atom. The van der Waals surface area contributed by atoms with E-state index in [0.717, 1.165) is 6.20 Å². The Labute approximate surface area is 160 Å². The summed E-state index contributed by atoms with van der Waals surface area (Å²) in [6.07, 6.45) is -4.90. The topological polar surface area (TPSA) is 227 Å². The van der Waals surface area contributed by atoms with E-state index in [0.29, 0.717) is 0 Å². The van der Waals surface area contributed by atoms with Crippen LogP contribution in [0.15, 0.2) is 11.0 Å². The normalized spacial score (nSPS) is 43.9. The predicted octanol–water partition coefficient (Wildman–Crippen LogP) is -0.0169. The summed E-state index contributed by atoms with van der Waals surface area (Å²) in [5.74, 6) is 0. The highest BCUT2D eigenvalue weighted by molar-refractivity contribution is 7.74. The molecule has 3 rings (SSSR count). The van der Waals surface area contributed by atoms with Gasteiger partial charge in [-0.05, 0) is 12.2 Å². The molecular weight excluding hydrogens is 469 g/mol. The Hall–Kier alpha value is -0.570. The molecule has 19 heteroatoms. The molecule has 6 atom stereocenters. The fourth-order valence-corrected chi connectivity index (χ4v) is 7.50. The van der Waals surface area contributed by atoms with E-state index in [1.54, 1.807) is 0 Å². The highest BCUT2D eigenvalue weighted by Gasteiger charge is 2.55. The molecule has 0 saturated carbocycles. The van der Waals surface area contributed by atoms with Crippen molar-refractivity contribution in [2.45, 2.75) is 24.4 Å². The van der Waals surface area contributed by atoms with Gasteiger partial charge in [-0.2, -0.15) is 12.9 Å². The molecule has 3 heterocycles. The van der Waals surface area contributed by atoms with Gasteiger partial charge >= 0.3 is 23.5 Å². The van der Waals surface area contributed by atoms with Crippen LogP contribution in [0.3, 0.4) is 0 Å². The highest BCUT2D eigenvalue weighted by Crippen LogP contribution is 2.80. The predicted molar refractivity (Wildman–Crippen MR) is 88.3 cm³/mol. The summed E-state index contributed by atoms with van der Waals surface area (Å²) in [7, 11) is -15.5. The monoisotopic (exact) mass is 482 g/mol. The number of nitrogens with one attached hydrogen (secondary N) is 2. The van der Waals surface area contributed by atoms with Crippen LogP contribution >= 0.6 is 35.7 Å². The van der Waals surface area contributed by atoms with Crippen molar-refractivity contribution in [3.8, 4) is 0 Å². The molecule has 0 amide bonds. The molecule has 0 aromatic carbocycles. The van der Waals surface area contributed by atoms with E-state index < -0.39 is 60.1 Å². The van der Waals surface area contributed by atoms with Crippen molar-refractivity contribution >= 4 is 35.7 Å². The van der Waals surface area contributed by atoms with Gasteiger partial charge in [0.1, 0.15) is 24.4 Å². The Morgan fingerprint density at radius 2 is 1.71 bits per heavy atom. The minimum absolute atomic E-state index is 0.00967. The summed E-state index contributed by atoms with van der Waals surface area (Å²) >= 11 is 4.73. The molecule has 2 fully saturated rings. The van der Waals surface area contributed by atoms with E-state index in [4.69, 9.17) is 26.7 Å². The molecule has 2 aliphatic heterocycles. The fraction of sp³-hybridized carbons (Fsp3) is 0.556. The van der Waals surface area contributed by atoms with E-state index in [-0.39, 0.29) is 10.3 Å². The van der Waals surface area contributed by atoms with E-state index in [1.807, 2.05) is 0 Å². The van der Waals surface area contributed by atoms with Crippen LogP contribution in [-0.4, -0.2) is 54.9 Å². The van der Waals surface area contributed by atoms with Crippen molar-refractivity contribution < 1.29 is 55.9 Å². The van der Waals surface area contributed by atoms with Crippen LogP contribution in [0.25, 0.3) is 0 Å². The number of aliphatic hydroxyl groups excluding tert-OH is 2. The summed E-state index contributed by atoms with van der Waals surface area (Å²) < 4.78 is 56.7. The Kier molecular flexibility index (Phi) is 6.00. The maximum Gasteiger partial charge on any atom is 0.492 e. The second kappa shape index (κ2) is 7.60. The quantitative estimate of drug-likeness (QED) is 0.245. The molecule has 6 N–H and O–H groups in total. The van der Waals surface area contributed by atoms with E-state index >= 15 is 0 Å². The summed E-state index contributed by atoms with van der Waals surface area (Å²) in [5.41, 5.74) is -0.819. The molecule has 3 unspecified atom stereocenters. The molecule has 0 bridgehead atoms. The summed E-state index contributed by atoms with van der Waals surface area (Å²) in [5, 5.41) is 20.1. The average molecular weight is 482 g/mol. The molecule has 0 spiro atoms. The molecule has 1 aromatic rings. The first-order valence-electron chi connectivity index (χ1n) is 7.18. The van der Waals surface area contributed by atoms with Crippen molar-refractivity contribution in [1.29, 1.82) is 0 Å². The molecule has 2 saturated heterocycles. The minimum Gasteiger partial charge on any atom is -0.387 e. The lowest BCUT2D eigenvalue weighted by Crippen LogP contribution is -2.33. The summed E-state index contributed by atoms with van der Waals surface area (Å²) in [6, 6.07) is 0. The lowest BCUT2D eigenvalue weighted by Gasteiger charge is -2.27. The van der Waals surface area contributed by atoms with Gasteiger partial charge in [-0.15, -0.1) is 0 Å². The molecule has 1 aromatic heterocycles. The number of rotatable bonds is 4. The minimum atomic E-state index is -5.23. The molecule has 0 aliphatic carbocycles. The molecular formula is C9H13N2O13P3S. The van der Waals surface area contributed by atoms with Gasteiger partial charge in [0.15, 0.2) is 4.77 Å². The Morgan fingerprint density at radius 1 is 1.11 bits per heavy atom. The fourth-order valence-electron chi connectivity index (χ4n) is 2.41. The first-order valence-corrected chi connectivity index (χ1v) is 12.0. The Balaban J connectivity index is 1.74. The number of aromatic nitrogens is 2. The van der Waals surface area contributed by atoms with Crippen molar-refractivity contribution in [2.75, 3.05) is 6.61 Å². The number of hydrogen-bond acceptors (Lipinski definition) is 12. The van der Waals surface area contributed by atoms with Crippen molar-refractivity contribution in [3.63, 3.8) is 0 Å². The van der Waals surface area contributed by atoms with Crippen molar-refractivity contribution in [3.05, 3.63) is 26.9 Å². The smallest absolute Gasteiger partial charge is 0.387 e. The Bertz CT molecular complexity index is 995. The second-order valence-corrected chi connectivity index (χ2v) is 10.9. The zero-order chi connectivity index (χ0) is 20.9. The van der Waals surface area contributed by atoms with E-state index in [2.05, 4.69) is 27.4 Å². The first kappa shape index (κ1) is 22.1. The van der Waals surface area contributed by atoms with Crippen molar-refractivity contribution in [2.24, 2.45) is 0 Å². The molecule has 28 heavy (non-hydrogen) atoms. The number of ether oxygens (including phenoxy) is 1. The van der Waals surface area contributed by atoms with Crippen LogP contribution < -0.4 is 5.56 Å². The van der Waals surface area contributed by atoms with Crippen LogP contribution in [0.2, 0.25) is 0 Å². The maximum atomic E-state index is 12.2. The number of H-pyrrole nitrogens is 2. The van der Waals surface area contributed by atoms with Gasteiger partial charge in [0.05, 0.1) is 12.2 Å². The third-order valence-electron chi connectivity index (χ3n) is 3.53. The lowest BCUT2D eigenvalue weighted by atomic mass is 10.0.